The molecule has 110 valence electrons. The molecule has 2 aliphatic rings. The number of carbonyl (C=O) groups excluding carboxylic acids is 2. The molecular formula is C14H15N3O4. The maximum atomic E-state index is 12.2. The minimum absolute atomic E-state index is 0.0387. The molecule has 1 heterocycles. The number of nitrogens with zero attached hydrogens (tertiary/aromatic N) is 2. The van der Waals surface area contributed by atoms with Crippen molar-refractivity contribution in [3.05, 3.63) is 33.9 Å². The number of likely N-dealkylation sites (tertiary alicyclic amines) is 1. The number of imide groups is 1. The number of hydrogen-bond acceptors (Lipinski definition) is 5. The van der Waals surface area contributed by atoms with E-state index in [0.717, 1.165) is 19.3 Å². The zero-order valence-corrected chi connectivity index (χ0v) is 11.3. The zero-order valence-electron chi connectivity index (χ0n) is 11.3. The van der Waals surface area contributed by atoms with Gasteiger partial charge in [-0.05, 0) is 24.5 Å². The van der Waals surface area contributed by atoms with Crippen LogP contribution in [0, 0.1) is 22.0 Å². The molecule has 2 N–H and O–H groups in total. The lowest BCUT2D eigenvalue weighted by Gasteiger charge is -2.16. The Morgan fingerprint density at radius 2 is 1.86 bits per heavy atom. The number of rotatable bonds is 3. The number of hydrogen-bond donors (Lipinski definition) is 1. The summed E-state index contributed by atoms with van der Waals surface area (Å²) in [7, 11) is 0. The normalized spacial score (nSPS) is 24.5. The van der Waals surface area contributed by atoms with Gasteiger partial charge in [0.25, 0.3) is 5.69 Å². The Morgan fingerprint density at radius 1 is 1.24 bits per heavy atom. The molecule has 0 spiro atoms. The highest BCUT2D eigenvalue weighted by Gasteiger charge is 2.49. The average Bonchev–Trinajstić information content (AvgIpc) is 2.99. The Balaban J connectivity index is 1.81. The Hall–Kier alpha value is -2.44. The summed E-state index contributed by atoms with van der Waals surface area (Å²) in [6.45, 7) is 0.132. The van der Waals surface area contributed by atoms with Crippen molar-refractivity contribution in [3.63, 3.8) is 0 Å². The first-order valence-corrected chi connectivity index (χ1v) is 6.87. The standard InChI is InChI=1S/C14H15N3O4/c15-11-6-8(4-5-12(11)17(20)21)7-16-13(18)9-2-1-3-10(9)14(16)19/h4-6,9-10H,1-3,7,15H2. The molecule has 21 heavy (non-hydrogen) atoms. The second kappa shape index (κ2) is 4.83. The van der Waals surface area contributed by atoms with Crippen LogP contribution >= 0.6 is 0 Å². The van der Waals surface area contributed by atoms with E-state index in [1.165, 1.54) is 23.1 Å². The van der Waals surface area contributed by atoms with Crippen molar-refractivity contribution < 1.29 is 14.5 Å². The van der Waals surface area contributed by atoms with Gasteiger partial charge in [0, 0.05) is 6.07 Å². The summed E-state index contributed by atoms with van der Waals surface area (Å²) in [5.41, 5.74) is 6.12. The van der Waals surface area contributed by atoms with Crippen LogP contribution in [0.15, 0.2) is 18.2 Å². The molecule has 1 aromatic rings. The lowest BCUT2D eigenvalue weighted by atomic mass is 10.00. The van der Waals surface area contributed by atoms with Gasteiger partial charge in [-0.25, -0.2) is 0 Å². The lowest BCUT2D eigenvalue weighted by Crippen LogP contribution is -2.31. The number of nitro benzene ring substituents is 1. The molecule has 0 bridgehead atoms. The van der Waals surface area contributed by atoms with Crippen LogP contribution < -0.4 is 5.73 Å². The van der Waals surface area contributed by atoms with Crippen molar-refractivity contribution >= 4 is 23.2 Å². The summed E-state index contributed by atoms with van der Waals surface area (Å²) in [5, 5.41) is 10.7. The number of nitrogens with two attached hydrogens (primary N) is 1. The van der Waals surface area contributed by atoms with Crippen molar-refractivity contribution in [3.8, 4) is 0 Å². The molecule has 0 radical (unpaired) electrons. The Kier molecular flexibility index (Phi) is 3.12. The molecule has 7 heteroatoms. The van der Waals surface area contributed by atoms with Crippen LogP contribution in [0.2, 0.25) is 0 Å². The third kappa shape index (κ3) is 2.14. The molecule has 1 aromatic carbocycles. The quantitative estimate of drug-likeness (QED) is 0.392. The molecule has 7 nitrogen and oxygen atoms in total. The molecule has 2 atom stereocenters. The van der Waals surface area contributed by atoms with E-state index < -0.39 is 4.92 Å². The largest absolute Gasteiger partial charge is 0.393 e. The van der Waals surface area contributed by atoms with E-state index in [0.29, 0.717) is 5.56 Å². The zero-order chi connectivity index (χ0) is 15.1. The molecule has 1 saturated heterocycles. The monoisotopic (exact) mass is 289 g/mol. The Bertz CT molecular complexity index is 621. The molecular weight excluding hydrogens is 274 g/mol. The number of fused-ring (bicyclic) bond motifs is 1. The van der Waals surface area contributed by atoms with Gasteiger partial charge in [0.15, 0.2) is 0 Å². The van der Waals surface area contributed by atoms with Crippen LogP contribution in [-0.4, -0.2) is 21.6 Å². The van der Waals surface area contributed by atoms with Crippen molar-refractivity contribution in [2.45, 2.75) is 25.8 Å². The van der Waals surface area contributed by atoms with Gasteiger partial charge in [-0.1, -0.05) is 12.5 Å². The van der Waals surface area contributed by atoms with Gasteiger partial charge >= 0.3 is 0 Å². The highest BCUT2D eigenvalue weighted by Crippen LogP contribution is 2.40. The first-order valence-electron chi connectivity index (χ1n) is 6.87. The van der Waals surface area contributed by atoms with E-state index in [-0.39, 0.29) is 41.6 Å². The Labute approximate surface area is 120 Å². The number of carbonyl (C=O) groups is 2. The second-order valence-electron chi connectivity index (χ2n) is 5.56. The van der Waals surface area contributed by atoms with E-state index in [1.807, 2.05) is 0 Å². The minimum Gasteiger partial charge on any atom is -0.393 e. The fourth-order valence-corrected chi connectivity index (χ4v) is 3.27. The van der Waals surface area contributed by atoms with E-state index in [1.54, 1.807) is 0 Å². The summed E-state index contributed by atoms with van der Waals surface area (Å²) in [6, 6.07) is 4.28. The van der Waals surface area contributed by atoms with Crippen LogP contribution in [0.25, 0.3) is 0 Å². The maximum Gasteiger partial charge on any atom is 0.292 e. The van der Waals surface area contributed by atoms with Crippen molar-refractivity contribution in [1.29, 1.82) is 0 Å². The average molecular weight is 289 g/mol. The lowest BCUT2D eigenvalue weighted by molar-refractivity contribution is -0.383. The predicted octanol–water partition coefficient (Wildman–Crippen LogP) is 1.46. The summed E-state index contributed by atoms with van der Waals surface area (Å²) in [5.74, 6) is -0.598. The summed E-state index contributed by atoms with van der Waals surface area (Å²) < 4.78 is 0. The highest BCUT2D eigenvalue weighted by atomic mass is 16.6. The van der Waals surface area contributed by atoms with Gasteiger partial charge < -0.3 is 5.73 Å². The predicted molar refractivity (Wildman–Crippen MR) is 73.9 cm³/mol. The van der Waals surface area contributed by atoms with Crippen LogP contribution in [0.4, 0.5) is 11.4 Å². The Morgan fingerprint density at radius 3 is 2.38 bits per heavy atom. The van der Waals surface area contributed by atoms with Gasteiger partial charge in [-0.3, -0.25) is 24.6 Å². The first-order chi connectivity index (χ1) is 9.99. The van der Waals surface area contributed by atoms with Gasteiger partial charge in [0.2, 0.25) is 11.8 Å². The SMILES string of the molecule is Nc1cc(CN2C(=O)C3CCCC3C2=O)ccc1[N+](=O)[O-]. The van der Waals surface area contributed by atoms with Gasteiger partial charge in [-0.15, -0.1) is 0 Å². The fraction of sp³-hybridized carbons (Fsp3) is 0.429. The van der Waals surface area contributed by atoms with Crippen molar-refractivity contribution in [2.24, 2.45) is 11.8 Å². The maximum absolute atomic E-state index is 12.2. The number of anilines is 1. The van der Waals surface area contributed by atoms with Crippen molar-refractivity contribution in [2.75, 3.05) is 5.73 Å². The summed E-state index contributed by atoms with van der Waals surface area (Å²) >= 11 is 0. The number of nitro groups is 1. The second-order valence-corrected chi connectivity index (χ2v) is 5.56. The molecule has 0 aromatic heterocycles. The molecule has 1 saturated carbocycles. The van der Waals surface area contributed by atoms with E-state index >= 15 is 0 Å². The van der Waals surface area contributed by atoms with E-state index in [9.17, 15) is 19.7 Å². The van der Waals surface area contributed by atoms with E-state index in [2.05, 4.69) is 0 Å². The summed E-state index contributed by atoms with van der Waals surface area (Å²) in [4.78, 5) is 35.9. The van der Waals surface area contributed by atoms with Crippen LogP contribution in [-0.2, 0) is 16.1 Å². The van der Waals surface area contributed by atoms with Crippen LogP contribution in [0.1, 0.15) is 24.8 Å². The molecule has 2 amide bonds. The van der Waals surface area contributed by atoms with Gasteiger partial charge in [0.1, 0.15) is 5.69 Å². The van der Waals surface area contributed by atoms with E-state index in [4.69, 9.17) is 5.73 Å². The summed E-state index contributed by atoms with van der Waals surface area (Å²) in [6.07, 6.45) is 2.47. The topological polar surface area (TPSA) is 107 Å². The number of nitrogen functional groups attached to an aromatic ring is 1. The first kappa shape index (κ1) is 13.5. The molecule has 1 aliphatic heterocycles. The third-order valence-electron chi connectivity index (χ3n) is 4.31. The highest BCUT2D eigenvalue weighted by molar-refractivity contribution is 6.05. The van der Waals surface area contributed by atoms with Gasteiger partial charge in [-0.2, -0.15) is 0 Å². The molecule has 1 aliphatic carbocycles. The van der Waals surface area contributed by atoms with Crippen molar-refractivity contribution in [1.82, 2.24) is 4.90 Å². The van der Waals surface area contributed by atoms with Crippen LogP contribution in [0.5, 0.6) is 0 Å². The molecule has 3 rings (SSSR count). The van der Waals surface area contributed by atoms with Gasteiger partial charge in [0.05, 0.1) is 23.3 Å². The smallest absolute Gasteiger partial charge is 0.292 e. The minimum atomic E-state index is -0.560. The fourth-order valence-electron chi connectivity index (χ4n) is 3.27. The molecule has 2 unspecified atom stereocenters. The van der Waals surface area contributed by atoms with Crippen LogP contribution in [0.3, 0.4) is 0 Å². The number of amides is 2. The number of benzene rings is 1. The third-order valence-corrected chi connectivity index (χ3v) is 4.31. The molecule has 2 fully saturated rings.